The normalized spacial score (nSPS) is 17.9. The summed E-state index contributed by atoms with van der Waals surface area (Å²) in [7, 11) is 0. The first-order valence-electron chi connectivity index (χ1n) is 6.01. The van der Waals surface area contributed by atoms with E-state index in [9.17, 15) is 9.59 Å². The lowest BCUT2D eigenvalue weighted by molar-refractivity contribution is -0.127. The highest BCUT2D eigenvalue weighted by Crippen LogP contribution is 2.11. The number of amides is 2. The van der Waals surface area contributed by atoms with Crippen LogP contribution in [-0.4, -0.2) is 28.8 Å². The third-order valence-electron chi connectivity index (χ3n) is 2.85. The molecule has 104 valence electrons. The van der Waals surface area contributed by atoms with Crippen molar-refractivity contribution in [1.82, 2.24) is 10.9 Å². The molecule has 1 aromatic carbocycles. The highest BCUT2D eigenvalue weighted by atomic mass is 16.3. The fourth-order valence-electron chi connectivity index (χ4n) is 1.70. The number of benzene rings is 1. The van der Waals surface area contributed by atoms with Gasteiger partial charge in [0.1, 0.15) is 5.75 Å². The Bertz CT molecular complexity index is 578. The van der Waals surface area contributed by atoms with Crippen molar-refractivity contribution in [1.29, 1.82) is 0 Å². The molecule has 3 N–H and O–H groups in total. The van der Waals surface area contributed by atoms with Crippen LogP contribution in [0.1, 0.15) is 18.9 Å². The van der Waals surface area contributed by atoms with E-state index >= 15 is 0 Å². The quantitative estimate of drug-likeness (QED) is 0.545. The summed E-state index contributed by atoms with van der Waals surface area (Å²) in [5.74, 6) is -1.01. The van der Waals surface area contributed by atoms with Crippen LogP contribution in [0, 0.1) is 5.92 Å². The second kappa shape index (κ2) is 5.96. The van der Waals surface area contributed by atoms with E-state index < -0.39 is 5.92 Å². The van der Waals surface area contributed by atoms with Crippen molar-refractivity contribution in [2.75, 3.05) is 0 Å². The molecular weight excluding hydrogens is 260 g/mol. The molecule has 1 aliphatic rings. The summed E-state index contributed by atoms with van der Waals surface area (Å²) in [4.78, 5) is 23.0. The molecule has 1 aromatic rings. The molecule has 0 saturated carbocycles. The molecule has 1 atom stereocenters. The Balaban J connectivity index is 1.85. The second-order valence-electron chi connectivity index (χ2n) is 4.37. The molecular formula is C13H14N4O3. The van der Waals surface area contributed by atoms with Crippen LogP contribution in [0.5, 0.6) is 5.75 Å². The topological polar surface area (TPSA) is 103 Å². The minimum absolute atomic E-state index is 0.00802. The van der Waals surface area contributed by atoms with E-state index in [-0.39, 0.29) is 24.0 Å². The van der Waals surface area contributed by atoms with Crippen molar-refractivity contribution in [2.24, 2.45) is 16.1 Å². The van der Waals surface area contributed by atoms with Crippen LogP contribution in [0.15, 0.2) is 34.5 Å². The molecule has 0 aliphatic carbocycles. The largest absolute Gasteiger partial charge is 0.508 e. The summed E-state index contributed by atoms with van der Waals surface area (Å²) < 4.78 is 0. The number of hydrogen-bond donors (Lipinski definition) is 3. The smallest absolute Gasteiger partial charge is 0.249 e. The first kappa shape index (κ1) is 13.7. The fraction of sp³-hybridized carbons (Fsp3) is 0.231. The SMILES string of the molecule is CC1=NNC(=O)C1CC(=O)NN=Cc1ccc(O)cc1. The standard InChI is InChI=1S/C13H14N4O3/c1-8-11(13(20)17-15-8)6-12(19)16-14-7-9-2-4-10(18)5-3-9/h2-5,7,11,18H,6H2,1H3,(H,16,19)(H,17,20). The van der Waals surface area contributed by atoms with Crippen LogP contribution in [0.25, 0.3) is 0 Å². The van der Waals surface area contributed by atoms with E-state index in [0.717, 1.165) is 5.56 Å². The molecule has 7 heteroatoms. The Kier molecular flexibility index (Phi) is 4.09. The van der Waals surface area contributed by atoms with E-state index in [2.05, 4.69) is 21.1 Å². The highest BCUT2D eigenvalue weighted by molar-refractivity contribution is 6.09. The van der Waals surface area contributed by atoms with Crippen molar-refractivity contribution in [3.63, 3.8) is 0 Å². The number of carbonyl (C=O) groups excluding carboxylic acids is 2. The van der Waals surface area contributed by atoms with Crippen LogP contribution < -0.4 is 10.9 Å². The molecule has 0 spiro atoms. The van der Waals surface area contributed by atoms with Gasteiger partial charge in [0.15, 0.2) is 0 Å². The van der Waals surface area contributed by atoms with E-state index in [1.54, 1.807) is 19.1 Å². The third kappa shape index (κ3) is 3.41. The van der Waals surface area contributed by atoms with Crippen LogP contribution >= 0.6 is 0 Å². The zero-order valence-corrected chi connectivity index (χ0v) is 10.8. The molecule has 7 nitrogen and oxygen atoms in total. The lowest BCUT2D eigenvalue weighted by atomic mass is 10.0. The van der Waals surface area contributed by atoms with Gasteiger partial charge in [-0.3, -0.25) is 9.59 Å². The summed E-state index contributed by atoms with van der Waals surface area (Å²) in [5.41, 5.74) is 5.99. The first-order valence-corrected chi connectivity index (χ1v) is 6.01. The number of carbonyl (C=O) groups is 2. The van der Waals surface area contributed by atoms with Gasteiger partial charge < -0.3 is 5.11 Å². The Morgan fingerprint density at radius 2 is 2.20 bits per heavy atom. The van der Waals surface area contributed by atoms with Gasteiger partial charge in [0.25, 0.3) is 0 Å². The van der Waals surface area contributed by atoms with Gasteiger partial charge in [-0.1, -0.05) is 0 Å². The number of phenols is 1. The highest BCUT2D eigenvalue weighted by Gasteiger charge is 2.28. The molecule has 0 aromatic heterocycles. The zero-order chi connectivity index (χ0) is 14.5. The van der Waals surface area contributed by atoms with Gasteiger partial charge in [-0.05, 0) is 36.8 Å². The average molecular weight is 274 g/mol. The van der Waals surface area contributed by atoms with Gasteiger partial charge in [0.05, 0.1) is 12.1 Å². The zero-order valence-electron chi connectivity index (χ0n) is 10.8. The number of aromatic hydroxyl groups is 1. The maximum atomic E-state index is 11.6. The van der Waals surface area contributed by atoms with Crippen molar-refractivity contribution in [3.8, 4) is 5.75 Å². The summed E-state index contributed by atoms with van der Waals surface area (Å²) in [6.45, 7) is 1.69. The van der Waals surface area contributed by atoms with Crippen molar-refractivity contribution >= 4 is 23.7 Å². The van der Waals surface area contributed by atoms with Crippen LogP contribution in [-0.2, 0) is 9.59 Å². The van der Waals surface area contributed by atoms with E-state index in [1.807, 2.05) is 0 Å². The second-order valence-corrected chi connectivity index (χ2v) is 4.37. The summed E-state index contributed by atoms with van der Waals surface area (Å²) in [6, 6.07) is 6.36. The number of nitrogens with zero attached hydrogens (tertiary/aromatic N) is 2. The Hall–Kier alpha value is -2.70. The van der Waals surface area contributed by atoms with Crippen molar-refractivity contribution < 1.29 is 14.7 Å². The molecule has 0 radical (unpaired) electrons. The number of phenolic OH excluding ortho intramolecular Hbond substituents is 1. The van der Waals surface area contributed by atoms with Gasteiger partial charge in [-0.25, -0.2) is 10.9 Å². The molecule has 20 heavy (non-hydrogen) atoms. The van der Waals surface area contributed by atoms with Gasteiger partial charge in [0, 0.05) is 12.1 Å². The van der Waals surface area contributed by atoms with Crippen LogP contribution in [0.2, 0.25) is 0 Å². The molecule has 0 bridgehead atoms. The van der Waals surface area contributed by atoms with Crippen LogP contribution in [0.3, 0.4) is 0 Å². The maximum Gasteiger partial charge on any atom is 0.249 e. The van der Waals surface area contributed by atoms with Gasteiger partial charge in [0.2, 0.25) is 11.8 Å². The first-order chi connectivity index (χ1) is 9.56. The Morgan fingerprint density at radius 3 is 2.80 bits per heavy atom. The molecule has 1 unspecified atom stereocenters. The third-order valence-corrected chi connectivity index (χ3v) is 2.85. The van der Waals surface area contributed by atoms with Crippen molar-refractivity contribution in [3.05, 3.63) is 29.8 Å². The summed E-state index contributed by atoms with van der Waals surface area (Å²) in [5, 5.41) is 16.7. The molecule has 2 amide bonds. The summed E-state index contributed by atoms with van der Waals surface area (Å²) >= 11 is 0. The molecule has 0 fully saturated rings. The lowest BCUT2D eigenvalue weighted by Gasteiger charge is -2.05. The Labute approximate surface area is 115 Å². The number of rotatable bonds is 4. The predicted molar refractivity (Wildman–Crippen MR) is 73.2 cm³/mol. The van der Waals surface area contributed by atoms with Gasteiger partial charge >= 0.3 is 0 Å². The fourth-order valence-corrected chi connectivity index (χ4v) is 1.70. The number of nitrogens with one attached hydrogen (secondary N) is 2. The minimum Gasteiger partial charge on any atom is -0.508 e. The minimum atomic E-state index is -0.529. The van der Waals surface area contributed by atoms with Crippen molar-refractivity contribution in [2.45, 2.75) is 13.3 Å². The van der Waals surface area contributed by atoms with Gasteiger partial charge in [-0.15, -0.1) is 0 Å². The summed E-state index contributed by atoms with van der Waals surface area (Å²) in [6.07, 6.45) is 1.46. The Morgan fingerprint density at radius 1 is 1.50 bits per heavy atom. The van der Waals surface area contributed by atoms with E-state index in [4.69, 9.17) is 5.11 Å². The van der Waals surface area contributed by atoms with E-state index in [0.29, 0.717) is 5.71 Å². The number of hydrogen-bond acceptors (Lipinski definition) is 5. The molecule has 1 heterocycles. The monoisotopic (exact) mass is 274 g/mol. The number of hydrazone groups is 2. The van der Waals surface area contributed by atoms with E-state index in [1.165, 1.54) is 18.3 Å². The molecule has 0 saturated heterocycles. The predicted octanol–water partition coefficient (Wildman–Crippen LogP) is 0.354. The average Bonchev–Trinajstić information content (AvgIpc) is 2.73. The molecule has 1 aliphatic heterocycles. The van der Waals surface area contributed by atoms with Gasteiger partial charge in [-0.2, -0.15) is 10.2 Å². The maximum absolute atomic E-state index is 11.6. The lowest BCUT2D eigenvalue weighted by Crippen LogP contribution is -2.29. The van der Waals surface area contributed by atoms with Crippen LogP contribution in [0.4, 0.5) is 0 Å². The molecule has 2 rings (SSSR count).